The molecule has 17 heavy (non-hydrogen) atoms. The highest BCUT2D eigenvalue weighted by Gasteiger charge is 2.26. The second-order valence-corrected chi connectivity index (χ2v) is 3.88. The van der Waals surface area contributed by atoms with Gasteiger partial charge in [-0.05, 0) is 6.42 Å². The van der Waals surface area contributed by atoms with E-state index in [9.17, 15) is 14.7 Å². The van der Waals surface area contributed by atoms with Crippen molar-refractivity contribution >= 4 is 11.9 Å². The Morgan fingerprint density at radius 2 is 2.18 bits per heavy atom. The summed E-state index contributed by atoms with van der Waals surface area (Å²) in [7, 11) is 0. The Labute approximate surface area is 99.8 Å². The number of carbonyl (C=O) groups is 2. The average molecular weight is 246 g/mol. The summed E-state index contributed by atoms with van der Waals surface area (Å²) in [6.45, 7) is 2.99. The molecule has 0 aromatic carbocycles. The summed E-state index contributed by atoms with van der Waals surface area (Å²) < 4.78 is 14.4. The quantitative estimate of drug-likeness (QED) is 0.369. The van der Waals surface area contributed by atoms with E-state index in [1.54, 1.807) is 0 Å². The smallest absolute Gasteiger partial charge is 0.335 e. The molecule has 1 aliphatic rings. The van der Waals surface area contributed by atoms with Crippen molar-refractivity contribution in [2.24, 2.45) is 0 Å². The fraction of sp³-hybridized carbons (Fsp3) is 0.818. The first-order valence-electron chi connectivity index (χ1n) is 5.75. The van der Waals surface area contributed by atoms with Crippen molar-refractivity contribution in [2.75, 3.05) is 19.8 Å². The van der Waals surface area contributed by atoms with Crippen molar-refractivity contribution in [3.05, 3.63) is 0 Å². The molecule has 0 radical (unpaired) electrons. The lowest BCUT2D eigenvalue weighted by Gasteiger charge is -2.09. The van der Waals surface area contributed by atoms with E-state index >= 15 is 0 Å². The van der Waals surface area contributed by atoms with E-state index in [2.05, 4.69) is 0 Å². The first-order valence-corrected chi connectivity index (χ1v) is 5.75. The molecule has 1 heterocycles. The molecular weight excluding hydrogens is 228 g/mol. The standard InChI is InChI=1S/C11H18O6/c1-2-3-4-15-11(14)9(12)5-10(13)17-7-8-6-16-8/h8-9,12H,2-7H2,1H3. The molecule has 0 amide bonds. The Morgan fingerprint density at radius 1 is 1.47 bits per heavy atom. The van der Waals surface area contributed by atoms with Crippen LogP contribution in [0.5, 0.6) is 0 Å². The maximum Gasteiger partial charge on any atom is 0.335 e. The number of hydrogen-bond acceptors (Lipinski definition) is 6. The summed E-state index contributed by atoms with van der Waals surface area (Å²) in [5, 5.41) is 9.36. The zero-order valence-corrected chi connectivity index (χ0v) is 9.89. The predicted molar refractivity (Wildman–Crippen MR) is 57.2 cm³/mol. The number of rotatable bonds is 8. The summed E-state index contributed by atoms with van der Waals surface area (Å²) in [5.41, 5.74) is 0. The molecule has 2 atom stereocenters. The summed E-state index contributed by atoms with van der Waals surface area (Å²) in [5.74, 6) is -1.40. The number of epoxide rings is 1. The van der Waals surface area contributed by atoms with Gasteiger partial charge in [-0.2, -0.15) is 0 Å². The molecule has 98 valence electrons. The number of unbranched alkanes of at least 4 members (excludes halogenated alkanes) is 1. The van der Waals surface area contributed by atoms with Crippen LogP contribution in [0.25, 0.3) is 0 Å². The molecule has 2 unspecified atom stereocenters. The summed E-state index contributed by atoms with van der Waals surface area (Å²) in [6, 6.07) is 0. The lowest BCUT2D eigenvalue weighted by molar-refractivity contribution is -0.160. The van der Waals surface area contributed by atoms with E-state index in [0.29, 0.717) is 6.61 Å². The maximum absolute atomic E-state index is 11.2. The zero-order valence-electron chi connectivity index (χ0n) is 9.89. The van der Waals surface area contributed by atoms with E-state index in [1.807, 2.05) is 6.92 Å². The van der Waals surface area contributed by atoms with Crippen molar-refractivity contribution in [1.29, 1.82) is 0 Å². The van der Waals surface area contributed by atoms with Gasteiger partial charge in [-0.1, -0.05) is 13.3 Å². The van der Waals surface area contributed by atoms with Gasteiger partial charge in [0.2, 0.25) is 0 Å². The molecule has 1 aliphatic heterocycles. The van der Waals surface area contributed by atoms with Crippen LogP contribution in [0.2, 0.25) is 0 Å². The van der Waals surface area contributed by atoms with Crippen LogP contribution < -0.4 is 0 Å². The molecule has 1 saturated heterocycles. The fourth-order valence-corrected chi connectivity index (χ4v) is 1.06. The van der Waals surface area contributed by atoms with Crippen LogP contribution in [-0.4, -0.2) is 49.1 Å². The minimum Gasteiger partial charge on any atom is -0.464 e. The third-order valence-corrected chi connectivity index (χ3v) is 2.21. The number of ether oxygens (including phenoxy) is 3. The molecule has 0 aliphatic carbocycles. The van der Waals surface area contributed by atoms with Crippen molar-refractivity contribution in [2.45, 2.75) is 38.4 Å². The van der Waals surface area contributed by atoms with Gasteiger partial charge in [0.25, 0.3) is 0 Å². The summed E-state index contributed by atoms with van der Waals surface area (Å²) in [4.78, 5) is 22.4. The molecule has 1 rings (SSSR count). The average Bonchev–Trinajstić information content (AvgIpc) is 3.10. The molecule has 0 bridgehead atoms. The number of aliphatic hydroxyl groups is 1. The number of aliphatic hydroxyl groups excluding tert-OH is 1. The van der Waals surface area contributed by atoms with Gasteiger partial charge >= 0.3 is 11.9 Å². The van der Waals surface area contributed by atoms with E-state index in [0.717, 1.165) is 12.8 Å². The van der Waals surface area contributed by atoms with Crippen molar-refractivity contribution in [3.63, 3.8) is 0 Å². The Hall–Kier alpha value is -1.14. The Kier molecular flexibility index (Phi) is 5.93. The maximum atomic E-state index is 11.2. The highest BCUT2D eigenvalue weighted by Crippen LogP contribution is 2.09. The summed E-state index contributed by atoms with van der Waals surface area (Å²) in [6.07, 6.45) is -0.209. The third-order valence-electron chi connectivity index (χ3n) is 2.21. The molecule has 1 fully saturated rings. The predicted octanol–water partition coefficient (Wildman–Crippen LogP) is 0.0227. The lowest BCUT2D eigenvalue weighted by atomic mass is 10.2. The van der Waals surface area contributed by atoms with Crippen LogP contribution in [0.4, 0.5) is 0 Å². The van der Waals surface area contributed by atoms with Crippen molar-refractivity contribution < 1.29 is 28.9 Å². The largest absolute Gasteiger partial charge is 0.464 e. The first kappa shape index (κ1) is 13.9. The Bertz CT molecular complexity index is 261. The zero-order chi connectivity index (χ0) is 12.7. The third kappa shape index (κ3) is 6.23. The van der Waals surface area contributed by atoms with Gasteiger partial charge in [0.05, 0.1) is 19.6 Å². The number of hydrogen-bond donors (Lipinski definition) is 1. The van der Waals surface area contributed by atoms with E-state index < -0.39 is 18.0 Å². The van der Waals surface area contributed by atoms with Gasteiger partial charge in [-0.25, -0.2) is 4.79 Å². The Balaban J connectivity index is 2.10. The Morgan fingerprint density at radius 3 is 2.76 bits per heavy atom. The van der Waals surface area contributed by atoms with Gasteiger partial charge in [0.1, 0.15) is 12.7 Å². The van der Waals surface area contributed by atoms with E-state index in [1.165, 1.54) is 0 Å². The normalized spacial score (nSPS) is 19.5. The van der Waals surface area contributed by atoms with Gasteiger partial charge < -0.3 is 19.3 Å². The molecule has 0 aromatic heterocycles. The second-order valence-electron chi connectivity index (χ2n) is 3.88. The van der Waals surface area contributed by atoms with Gasteiger partial charge in [0.15, 0.2) is 6.10 Å². The first-order chi connectivity index (χ1) is 8.13. The van der Waals surface area contributed by atoms with Crippen LogP contribution in [0, 0.1) is 0 Å². The van der Waals surface area contributed by atoms with Gasteiger partial charge in [-0.3, -0.25) is 4.79 Å². The van der Waals surface area contributed by atoms with E-state index in [-0.39, 0.29) is 25.7 Å². The van der Waals surface area contributed by atoms with Gasteiger partial charge in [0, 0.05) is 0 Å². The van der Waals surface area contributed by atoms with Crippen molar-refractivity contribution in [1.82, 2.24) is 0 Å². The SMILES string of the molecule is CCCCOC(=O)C(O)CC(=O)OCC1CO1. The lowest BCUT2D eigenvalue weighted by Crippen LogP contribution is -2.27. The molecule has 6 nitrogen and oxygen atoms in total. The fourth-order valence-electron chi connectivity index (χ4n) is 1.06. The van der Waals surface area contributed by atoms with Gasteiger partial charge in [-0.15, -0.1) is 0 Å². The minimum atomic E-state index is -1.44. The topological polar surface area (TPSA) is 85.4 Å². The second kappa shape index (κ2) is 7.24. The van der Waals surface area contributed by atoms with Crippen LogP contribution in [0.1, 0.15) is 26.2 Å². The van der Waals surface area contributed by atoms with E-state index in [4.69, 9.17) is 14.2 Å². The monoisotopic (exact) mass is 246 g/mol. The molecular formula is C11H18O6. The number of carbonyl (C=O) groups excluding carboxylic acids is 2. The minimum absolute atomic E-state index is 0.0207. The molecule has 0 spiro atoms. The van der Waals surface area contributed by atoms with Crippen LogP contribution in [-0.2, 0) is 23.8 Å². The van der Waals surface area contributed by atoms with Crippen molar-refractivity contribution in [3.8, 4) is 0 Å². The van der Waals surface area contributed by atoms with Crippen LogP contribution >= 0.6 is 0 Å². The highest BCUT2D eigenvalue weighted by molar-refractivity contribution is 5.81. The molecule has 0 aromatic rings. The highest BCUT2D eigenvalue weighted by atomic mass is 16.6. The molecule has 1 N–H and O–H groups in total. The summed E-state index contributed by atoms with van der Waals surface area (Å²) >= 11 is 0. The molecule has 0 saturated carbocycles. The number of esters is 2. The van der Waals surface area contributed by atoms with Crippen LogP contribution in [0.15, 0.2) is 0 Å². The van der Waals surface area contributed by atoms with Crippen LogP contribution in [0.3, 0.4) is 0 Å². The molecule has 6 heteroatoms.